The number of rotatable bonds is 1. The van der Waals surface area contributed by atoms with E-state index in [1.807, 2.05) is 18.4 Å². The van der Waals surface area contributed by atoms with Crippen LogP contribution in [-0.4, -0.2) is 5.11 Å². The molecule has 0 aliphatic carbocycles. The molecule has 0 aliphatic heterocycles. The molecule has 0 spiro atoms. The van der Waals surface area contributed by atoms with Crippen LogP contribution in [0, 0.1) is 6.92 Å². The predicted molar refractivity (Wildman–Crippen MR) is 72.2 cm³/mol. The van der Waals surface area contributed by atoms with Gasteiger partial charge in [-0.15, -0.1) is 11.3 Å². The molecular formula is C14H10O3S. The molecule has 3 aromatic rings. The fourth-order valence-electron chi connectivity index (χ4n) is 1.85. The van der Waals surface area contributed by atoms with Crippen LogP contribution in [0.3, 0.4) is 0 Å². The molecule has 0 saturated carbocycles. The standard InChI is InChI=1S/C14H10O3S/c1-8-6-11(18-7-8)14-13(16)12(15)9-4-2-3-5-10(9)17-14/h2-7,16H,1H3. The van der Waals surface area contributed by atoms with E-state index in [1.165, 1.54) is 11.3 Å². The van der Waals surface area contributed by atoms with Crippen molar-refractivity contribution in [2.75, 3.05) is 0 Å². The topological polar surface area (TPSA) is 50.4 Å². The highest BCUT2D eigenvalue weighted by Crippen LogP contribution is 2.33. The van der Waals surface area contributed by atoms with Gasteiger partial charge in [0.1, 0.15) is 5.58 Å². The first-order chi connectivity index (χ1) is 8.66. The predicted octanol–water partition coefficient (Wildman–Crippen LogP) is 3.54. The van der Waals surface area contributed by atoms with E-state index < -0.39 is 5.43 Å². The molecule has 3 nitrogen and oxygen atoms in total. The Labute approximate surface area is 107 Å². The van der Waals surface area contributed by atoms with Crippen molar-refractivity contribution in [1.82, 2.24) is 0 Å². The number of thiophene rings is 1. The molecule has 3 rings (SSSR count). The summed E-state index contributed by atoms with van der Waals surface area (Å²) in [7, 11) is 0. The highest BCUT2D eigenvalue weighted by atomic mass is 32.1. The summed E-state index contributed by atoms with van der Waals surface area (Å²) in [5, 5.41) is 12.3. The summed E-state index contributed by atoms with van der Waals surface area (Å²) in [4.78, 5) is 12.8. The minimum atomic E-state index is -0.391. The first-order valence-electron chi connectivity index (χ1n) is 5.47. The summed E-state index contributed by atoms with van der Waals surface area (Å²) in [6.45, 7) is 1.95. The molecule has 0 amide bonds. The summed E-state index contributed by atoms with van der Waals surface area (Å²) >= 11 is 1.44. The lowest BCUT2D eigenvalue weighted by Gasteiger charge is -2.03. The van der Waals surface area contributed by atoms with Gasteiger partial charge in [-0.05, 0) is 36.1 Å². The molecule has 1 N–H and O–H groups in total. The Kier molecular flexibility index (Phi) is 2.45. The second-order valence-electron chi connectivity index (χ2n) is 4.09. The molecule has 1 aromatic carbocycles. The molecule has 2 aromatic heterocycles. The lowest BCUT2D eigenvalue weighted by Crippen LogP contribution is -2.01. The lowest BCUT2D eigenvalue weighted by atomic mass is 10.2. The number of hydrogen-bond donors (Lipinski definition) is 1. The Hall–Kier alpha value is -2.07. The van der Waals surface area contributed by atoms with E-state index in [4.69, 9.17) is 4.42 Å². The first-order valence-corrected chi connectivity index (χ1v) is 6.35. The summed E-state index contributed by atoms with van der Waals surface area (Å²) in [6.07, 6.45) is 0. The van der Waals surface area contributed by atoms with Gasteiger partial charge < -0.3 is 9.52 Å². The SMILES string of the molecule is Cc1csc(-c2oc3ccccc3c(=O)c2O)c1. The van der Waals surface area contributed by atoms with Crippen molar-refractivity contribution in [3.63, 3.8) is 0 Å². The maximum absolute atomic E-state index is 12.0. The Bertz CT molecular complexity index is 783. The van der Waals surface area contributed by atoms with Crippen molar-refractivity contribution in [3.8, 4) is 16.4 Å². The van der Waals surface area contributed by atoms with E-state index in [0.717, 1.165) is 10.4 Å². The molecular weight excluding hydrogens is 248 g/mol. The average molecular weight is 258 g/mol. The number of hydrogen-bond acceptors (Lipinski definition) is 4. The zero-order valence-electron chi connectivity index (χ0n) is 9.64. The first kappa shape index (κ1) is 11.0. The van der Waals surface area contributed by atoms with E-state index in [9.17, 15) is 9.90 Å². The molecule has 0 unspecified atom stereocenters. The van der Waals surface area contributed by atoms with E-state index in [-0.39, 0.29) is 11.5 Å². The molecule has 0 radical (unpaired) electrons. The Morgan fingerprint density at radius 3 is 2.78 bits per heavy atom. The largest absolute Gasteiger partial charge is 0.501 e. The van der Waals surface area contributed by atoms with E-state index >= 15 is 0 Å². The van der Waals surface area contributed by atoms with Crippen LogP contribution in [0.2, 0.25) is 0 Å². The van der Waals surface area contributed by atoms with Crippen LogP contribution >= 0.6 is 11.3 Å². The molecule has 18 heavy (non-hydrogen) atoms. The van der Waals surface area contributed by atoms with Gasteiger partial charge in [0.25, 0.3) is 0 Å². The van der Waals surface area contributed by atoms with Gasteiger partial charge in [-0.3, -0.25) is 4.79 Å². The number of aromatic hydroxyl groups is 1. The molecule has 0 atom stereocenters. The number of fused-ring (bicyclic) bond motifs is 1. The summed E-state index contributed by atoms with van der Waals surface area (Å²) < 4.78 is 5.63. The molecule has 0 fully saturated rings. The van der Waals surface area contributed by atoms with Crippen LogP contribution in [0.15, 0.2) is 44.9 Å². The van der Waals surface area contributed by atoms with Crippen molar-refractivity contribution in [3.05, 3.63) is 51.5 Å². The third-order valence-electron chi connectivity index (χ3n) is 2.73. The van der Waals surface area contributed by atoms with Crippen molar-refractivity contribution in [2.45, 2.75) is 6.92 Å². The molecule has 4 heteroatoms. The molecule has 0 aliphatic rings. The normalized spacial score (nSPS) is 10.9. The van der Waals surface area contributed by atoms with E-state index in [1.54, 1.807) is 24.3 Å². The maximum atomic E-state index is 12.0. The average Bonchev–Trinajstić information content (AvgIpc) is 2.80. The second-order valence-corrected chi connectivity index (χ2v) is 5.00. The number of aryl methyl sites for hydroxylation is 1. The van der Waals surface area contributed by atoms with Gasteiger partial charge in [0.15, 0.2) is 5.76 Å². The highest BCUT2D eigenvalue weighted by Gasteiger charge is 2.15. The van der Waals surface area contributed by atoms with Gasteiger partial charge in [0.2, 0.25) is 11.2 Å². The third-order valence-corrected chi connectivity index (χ3v) is 3.78. The zero-order valence-corrected chi connectivity index (χ0v) is 10.5. The molecule has 0 bridgehead atoms. The summed E-state index contributed by atoms with van der Waals surface area (Å²) in [5.74, 6) is -0.0765. The Morgan fingerprint density at radius 2 is 2.06 bits per heavy atom. The van der Waals surface area contributed by atoms with E-state index in [2.05, 4.69) is 0 Å². The lowest BCUT2D eigenvalue weighted by molar-refractivity contribution is 0.449. The van der Waals surface area contributed by atoms with Crippen molar-refractivity contribution >= 4 is 22.3 Å². The molecule has 2 heterocycles. The number of benzene rings is 1. The van der Waals surface area contributed by atoms with Crippen LogP contribution in [0.1, 0.15) is 5.56 Å². The molecule has 0 saturated heterocycles. The van der Waals surface area contributed by atoms with Gasteiger partial charge in [-0.25, -0.2) is 0 Å². The minimum absolute atomic E-state index is 0.247. The van der Waals surface area contributed by atoms with Crippen LogP contribution in [0.4, 0.5) is 0 Å². The van der Waals surface area contributed by atoms with Gasteiger partial charge in [-0.1, -0.05) is 12.1 Å². The summed E-state index contributed by atoms with van der Waals surface area (Å²) in [5.41, 5.74) is 1.17. The van der Waals surface area contributed by atoms with Gasteiger partial charge in [-0.2, -0.15) is 0 Å². The van der Waals surface area contributed by atoms with Gasteiger partial charge in [0.05, 0.1) is 10.3 Å². The van der Waals surface area contributed by atoms with Crippen molar-refractivity contribution in [2.24, 2.45) is 0 Å². The van der Waals surface area contributed by atoms with Crippen LogP contribution in [-0.2, 0) is 0 Å². The van der Waals surface area contributed by atoms with Crippen molar-refractivity contribution in [1.29, 1.82) is 0 Å². The highest BCUT2D eigenvalue weighted by molar-refractivity contribution is 7.13. The number of para-hydroxylation sites is 1. The smallest absolute Gasteiger partial charge is 0.235 e. The van der Waals surface area contributed by atoms with Crippen molar-refractivity contribution < 1.29 is 9.52 Å². The van der Waals surface area contributed by atoms with E-state index in [0.29, 0.717) is 11.0 Å². The van der Waals surface area contributed by atoms with Gasteiger partial charge in [0, 0.05) is 0 Å². The Morgan fingerprint density at radius 1 is 1.28 bits per heavy atom. The molecule has 90 valence electrons. The summed E-state index contributed by atoms with van der Waals surface area (Å²) in [6, 6.07) is 8.79. The fraction of sp³-hybridized carbons (Fsp3) is 0.0714. The fourth-order valence-corrected chi connectivity index (χ4v) is 2.73. The second kappa shape index (κ2) is 3.99. The quantitative estimate of drug-likeness (QED) is 0.726. The maximum Gasteiger partial charge on any atom is 0.235 e. The third kappa shape index (κ3) is 1.62. The Balaban J connectivity index is 2.37. The van der Waals surface area contributed by atoms with Crippen LogP contribution < -0.4 is 5.43 Å². The minimum Gasteiger partial charge on any atom is -0.501 e. The van der Waals surface area contributed by atoms with Gasteiger partial charge >= 0.3 is 0 Å². The monoisotopic (exact) mass is 258 g/mol. The zero-order chi connectivity index (χ0) is 12.7. The van der Waals surface area contributed by atoms with Crippen LogP contribution in [0.5, 0.6) is 5.75 Å². The van der Waals surface area contributed by atoms with Crippen LogP contribution in [0.25, 0.3) is 21.6 Å².